The Labute approximate surface area is 186 Å². The van der Waals surface area contributed by atoms with Crippen molar-refractivity contribution >= 4 is 16.8 Å². The van der Waals surface area contributed by atoms with Crippen LogP contribution >= 0.6 is 0 Å². The number of hydrogen-bond acceptors (Lipinski definition) is 3. The third-order valence-electron chi connectivity index (χ3n) is 7.97. The minimum absolute atomic E-state index is 0.000459. The molecule has 1 amide bonds. The van der Waals surface area contributed by atoms with Crippen LogP contribution in [0.5, 0.6) is 0 Å². The van der Waals surface area contributed by atoms with Gasteiger partial charge in [0.1, 0.15) is 0 Å². The third-order valence-corrected chi connectivity index (χ3v) is 7.97. The van der Waals surface area contributed by atoms with Gasteiger partial charge in [0.2, 0.25) is 5.91 Å². The maximum Gasteiger partial charge on any atom is 0.418 e. The molecule has 4 unspecified atom stereocenters. The molecule has 0 radical (unpaired) electrons. The van der Waals surface area contributed by atoms with Crippen LogP contribution in [0, 0.1) is 11.8 Å². The molecule has 4 nitrogen and oxygen atoms in total. The zero-order valence-corrected chi connectivity index (χ0v) is 18.6. The van der Waals surface area contributed by atoms with Gasteiger partial charge in [0.05, 0.1) is 11.1 Å². The summed E-state index contributed by atoms with van der Waals surface area (Å²) >= 11 is 0. The highest BCUT2D eigenvalue weighted by atomic mass is 19.4. The Bertz CT molecular complexity index is 1010. The molecule has 3 saturated heterocycles. The van der Waals surface area contributed by atoms with E-state index in [1.165, 1.54) is 19.0 Å². The number of carbonyl (C=O) groups is 1. The first-order valence-electron chi connectivity index (χ1n) is 11.7. The summed E-state index contributed by atoms with van der Waals surface area (Å²) in [5.74, 6) is 0.621. The van der Waals surface area contributed by atoms with Gasteiger partial charge in [0.25, 0.3) is 0 Å². The number of fused-ring (bicyclic) bond motifs is 3. The van der Waals surface area contributed by atoms with Crippen LogP contribution in [0.25, 0.3) is 10.9 Å². The van der Waals surface area contributed by atoms with Gasteiger partial charge in [-0.15, -0.1) is 0 Å². The molecule has 0 aliphatic carbocycles. The maximum absolute atomic E-state index is 13.5. The number of carbonyl (C=O) groups excluding carboxylic acids is 1. The van der Waals surface area contributed by atoms with Crippen LogP contribution in [0.15, 0.2) is 30.5 Å². The molecule has 3 fully saturated rings. The molecule has 4 heterocycles. The molecule has 2 bridgehead atoms. The summed E-state index contributed by atoms with van der Waals surface area (Å²) in [6.07, 6.45) is 2.03. The quantitative estimate of drug-likeness (QED) is 0.647. The number of amides is 1. The first-order valence-corrected chi connectivity index (χ1v) is 11.7. The second kappa shape index (κ2) is 8.01. The third kappa shape index (κ3) is 3.78. The standard InChI is InChI=1S/C25H30F3N3O/c1-15-10-17(20-7-8-22(25(26,27)28)23-21(20)4-3-9-29-23)14-31(13-15)24(32)16-11-18-5-6-19(12-16)30(18)2/h3-4,7-9,15-19H,5-6,10-14H2,1-2H3. The van der Waals surface area contributed by atoms with Crippen molar-refractivity contribution in [3.05, 3.63) is 41.6 Å². The van der Waals surface area contributed by atoms with E-state index >= 15 is 0 Å². The first kappa shape index (κ1) is 21.7. The molecular weight excluding hydrogens is 415 g/mol. The van der Waals surface area contributed by atoms with E-state index in [4.69, 9.17) is 0 Å². The molecular formula is C25H30F3N3O. The monoisotopic (exact) mass is 445 g/mol. The molecule has 3 aliphatic rings. The molecule has 172 valence electrons. The second-order valence-electron chi connectivity index (χ2n) is 10.1. The fourth-order valence-electron chi connectivity index (χ4n) is 6.41. The fraction of sp³-hybridized carbons (Fsp3) is 0.600. The molecule has 2 aromatic rings. The number of benzene rings is 1. The van der Waals surface area contributed by atoms with Crippen molar-refractivity contribution < 1.29 is 18.0 Å². The van der Waals surface area contributed by atoms with Crippen molar-refractivity contribution in [1.82, 2.24) is 14.8 Å². The number of likely N-dealkylation sites (tertiary alicyclic amines) is 1. The predicted molar refractivity (Wildman–Crippen MR) is 117 cm³/mol. The van der Waals surface area contributed by atoms with Crippen LogP contribution in [0.3, 0.4) is 0 Å². The van der Waals surface area contributed by atoms with E-state index < -0.39 is 11.7 Å². The number of pyridine rings is 1. The maximum atomic E-state index is 13.5. The Morgan fingerprint density at radius 1 is 1.06 bits per heavy atom. The van der Waals surface area contributed by atoms with Gasteiger partial charge in [-0.3, -0.25) is 9.78 Å². The largest absolute Gasteiger partial charge is 0.418 e. The summed E-state index contributed by atoms with van der Waals surface area (Å²) in [6.45, 7) is 3.43. The zero-order chi connectivity index (χ0) is 22.6. The van der Waals surface area contributed by atoms with E-state index in [1.54, 1.807) is 18.2 Å². The van der Waals surface area contributed by atoms with Gasteiger partial charge in [-0.25, -0.2) is 0 Å². The highest BCUT2D eigenvalue weighted by Crippen LogP contribution is 2.41. The molecule has 0 spiro atoms. The second-order valence-corrected chi connectivity index (χ2v) is 10.1. The van der Waals surface area contributed by atoms with Gasteiger partial charge in [0.15, 0.2) is 0 Å². The number of alkyl halides is 3. The molecule has 4 atom stereocenters. The molecule has 0 N–H and O–H groups in total. The van der Waals surface area contributed by atoms with E-state index in [9.17, 15) is 18.0 Å². The molecule has 7 heteroatoms. The first-order chi connectivity index (χ1) is 15.2. The molecule has 1 aromatic heterocycles. The van der Waals surface area contributed by atoms with Crippen molar-refractivity contribution in [3.8, 4) is 0 Å². The Balaban J connectivity index is 1.42. The van der Waals surface area contributed by atoms with Gasteiger partial charge in [-0.2, -0.15) is 13.2 Å². The summed E-state index contributed by atoms with van der Waals surface area (Å²) in [7, 11) is 2.17. The van der Waals surface area contributed by atoms with Crippen molar-refractivity contribution in [2.24, 2.45) is 11.8 Å². The van der Waals surface area contributed by atoms with Crippen LogP contribution in [-0.2, 0) is 11.0 Å². The number of nitrogens with zero attached hydrogens (tertiary/aromatic N) is 3. The number of aromatic nitrogens is 1. The van der Waals surface area contributed by atoms with Gasteiger partial charge in [0, 0.05) is 48.6 Å². The average Bonchev–Trinajstić information content (AvgIpc) is 2.97. The lowest BCUT2D eigenvalue weighted by molar-refractivity contribution is -0.140. The summed E-state index contributed by atoms with van der Waals surface area (Å²) in [5.41, 5.74) is 0.171. The molecule has 0 saturated carbocycles. The summed E-state index contributed by atoms with van der Waals surface area (Å²) in [6, 6.07) is 7.19. The van der Waals surface area contributed by atoms with Gasteiger partial charge in [-0.05, 0) is 62.8 Å². The van der Waals surface area contributed by atoms with Crippen molar-refractivity contribution in [1.29, 1.82) is 0 Å². The normalized spacial score (nSPS) is 31.3. The number of halogens is 3. The molecule has 32 heavy (non-hydrogen) atoms. The van der Waals surface area contributed by atoms with Crippen molar-refractivity contribution in [2.75, 3.05) is 20.1 Å². The van der Waals surface area contributed by atoms with Crippen LogP contribution < -0.4 is 0 Å². The van der Waals surface area contributed by atoms with Crippen LogP contribution in [-0.4, -0.2) is 52.9 Å². The highest BCUT2D eigenvalue weighted by Gasteiger charge is 2.43. The summed E-state index contributed by atoms with van der Waals surface area (Å²) < 4.78 is 40.6. The lowest BCUT2D eigenvalue weighted by Crippen LogP contribution is -2.49. The topological polar surface area (TPSA) is 36.4 Å². The lowest BCUT2D eigenvalue weighted by atomic mass is 9.82. The van der Waals surface area contributed by atoms with Gasteiger partial charge in [-0.1, -0.05) is 19.1 Å². The fourth-order valence-corrected chi connectivity index (χ4v) is 6.41. The highest BCUT2D eigenvalue weighted by molar-refractivity contribution is 5.86. The summed E-state index contributed by atoms with van der Waals surface area (Å²) in [5, 5.41) is 0.547. The van der Waals surface area contributed by atoms with E-state index in [2.05, 4.69) is 23.9 Å². The van der Waals surface area contributed by atoms with Crippen LogP contribution in [0.4, 0.5) is 13.2 Å². The Morgan fingerprint density at radius 3 is 2.47 bits per heavy atom. The Kier molecular flexibility index (Phi) is 5.43. The minimum Gasteiger partial charge on any atom is -0.342 e. The summed E-state index contributed by atoms with van der Waals surface area (Å²) in [4.78, 5) is 22.0. The van der Waals surface area contributed by atoms with E-state index in [1.807, 2.05) is 4.90 Å². The number of rotatable bonds is 2. The Morgan fingerprint density at radius 2 is 1.78 bits per heavy atom. The average molecular weight is 446 g/mol. The van der Waals surface area contributed by atoms with Crippen molar-refractivity contribution in [2.45, 2.75) is 63.2 Å². The minimum atomic E-state index is -4.44. The SMILES string of the molecule is CC1CC(c2ccc(C(F)(F)F)c3ncccc23)CN(C(=O)C2CC3CCC(C2)N3C)C1. The van der Waals surface area contributed by atoms with Crippen LogP contribution in [0.2, 0.25) is 0 Å². The predicted octanol–water partition coefficient (Wildman–Crippen LogP) is 5.08. The van der Waals surface area contributed by atoms with E-state index in [-0.39, 0.29) is 23.3 Å². The zero-order valence-electron chi connectivity index (χ0n) is 18.6. The van der Waals surface area contributed by atoms with E-state index in [0.29, 0.717) is 29.9 Å². The van der Waals surface area contributed by atoms with Crippen LogP contribution in [0.1, 0.15) is 56.1 Å². The smallest absolute Gasteiger partial charge is 0.342 e. The molecule has 1 aromatic carbocycles. The number of hydrogen-bond donors (Lipinski definition) is 0. The van der Waals surface area contributed by atoms with Gasteiger partial charge < -0.3 is 9.80 Å². The van der Waals surface area contributed by atoms with Crippen molar-refractivity contribution in [3.63, 3.8) is 0 Å². The van der Waals surface area contributed by atoms with E-state index in [0.717, 1.165) is 37.4 Å². The lowest BCUT2D eigenvalue weighted by Gasteiger charge is -2.42. The number of piperidine rings is 2. The molecule has 3 aliphatic heterocycles. The molecule has 5 rings (SSSR count). The Hall–Kier alpha value is -2.15. The van der Waals surface area contributed by atoms with Gasteiger partial charge >= 0.3 is 6.18 Å².